The number of para-hydroxylation sites is 1. The highest BCUT2D eigenvalue weighted by Crippen LogP contribution is 2.26. The zero-order valence-corrected chi connectivity index (χ0v) is 17.0. The number of aromatic nitrogens is 2. The van der Waals surface area contributed by atoms with Crippen molar-refractivity contribution in [2.45, 2.75) is 26.3 Å². The second kappa shape index (κ2) is 8.85. The Bertz CT molecular complexity index is 931. The van der Waals surface area contributed by atoms with Crippen LogP contribution in [-0.4, -0.2) is 47.3 Å². The monoisotopic (exact) mass is 376 g/mol. The van der Waals surface area contributed by atoms with E-state index in [0.717, 1.165) is 29.8 Å². The first-order valence-electron chi connectivity index (χ1n) is 9.62. The molecule has 0 aliphatic carbocycles. The third-order valence-corrected chi connectivity index (χ3v) is 4.77. The maximum absolute atomic E-state index is 13.1. The van der Waals surface area contributed by atoms with Crippen molar-refractivity contribution >= 4 is 5.91 Å². The number of benzene rings is 2. The van der Waals surface area contributed by atoms with E-state index >= 15 is 0 Å². The number of aryl methyl sites for hydroxylation is 1. The van der Waals surface area contributed by atoms with Crippen molar-refractivity contribution in [3.05, 3.63) is 71.9 Å². The number of carbonyl (C=O) groups excluding carboxylic acids is 1. The highest BCUT2D eigenvalue weighted by Gasteiger charge is 2.21. The fourth-order valence-corrected chi connectivity index (χ4v) is 3.12. The SMILES string of the molecule is Cc1ccccc1-c1nn(-c2ccccc2)cc1C(=O)NC(C)CCN(C)C. The third-order valence-electron chi connectivity index (χ3n) is 4.77. The Morgan fingerprint density at radius 2 is 1.79 bits per heavy atom. The zero-order chi connectivity index (χ0) is 20.1. The Morgan fingerprint density at radius 3 is 2.46 bits per heavy atom. The first-order chi connectivity index (χ1) is 13.5. The van der Waals surface area contributed by atoms with Gasteiger partial charge in [-0.1, -0.05) is 42.5 Å². The van der Waals surface area contributed by atoms with Gasteiger partial charge in [-0.3, -0.25) is 4.79 Å². The number of amides is 1. The highest BCUT2D eigenvalue weighted by atomic mass is 16.1. The molecule has 28 heavy (non-hydrogen) atoms. The number of nitrogens with zero attached hydrogens (tertiary/aromatic N) is 3. The first kappa shape index (κ1) is 19.8. The standard InChI is InChI=1S/C23H28N4O/c1-17-10-8-9-13-20(17)22-21(23(28)24-18(2)14-15-26(3)4)16-27(25-22)19-11-6-5-7-12-19/h5-13,16,18H,14-15H2,1-4H3,(H,24,28). The summed E-state index contributed by atoms with van der Waals surface area (Å²) in [7, 11) is 4.07. The molecular weight excluding hydrogens is 348 g/mol. The van der Waals surface area contributed by atoms with Crippen LogP contribution in [0.3, 0.4) is 0 Å². The average molecular weight is 377 g/mol. The van der Waals surface area contributed by atoms with Crippen LogP contribution in [0.4, 0.5) is 0 Å². The Kier molecular flexibility index (Phi) is 6.26. The fraction of sp³-hybridized carbons (Fsp3) is 0.304. The Morgan fingerprint density at radius 1 is 1.11 bits per heavy atom. The molecule has 1 unspecified atom stereocenters. The molecule has 2 aromatic carbocycles. The van der Waals surface area contributed by atoms with Gasteiger partial charge in [-0.15, -0.1) is 0 Å². The van der Waals surface area contributed by atoms with Gasteiger partial charge in [0.15, 0.2) is 0 Å². The molecule has 0 bridgehead atoms. The molecule has 1 N–H and O–H groups in total. The number of hydrogen-bond acceptors (Lipinski definition) is 3. The van der Waals surface area contributed by atoms with E-state index in [1.807, 2.05) is 88.7 Å². The molecule has 0 radical (unpaired) electrons. The third kappa shape index (κ3) is 4.67. The van der Waals surface area contributed by atoms with Crippen molar-refractivity contribution in [1.82, 2.24) is 20.0 Å². The lowest BCUT2D eigenvalue weighted by Crippen LogP contribution is -2.34. The molecule has 3 rings (SSSR count). The van der Waals surface area contributed by atoms with Crippen LogP contribution in [0, 0.1) is 6.92 Å². The average Bonchev–Trinajstić information content (AvgIpc) is 3.13. The van der Waals surface area contributed by atoms with Crippen molar-refractivity contribution in [1.29, 1.82) is 0 Å². The van der Waals surface area contributed by atoms with E-state index < -0.39 is 0 Å². The molecule has 1 atom stereocenters. The number of hydrogen-bond donors (Lipinski definition) is 1. The van der Waals surface area contributed by atoms with E-state index in [0.29, 0.717) is 11.3 Å². The van der Waals surface area contributed by atoms with Gasteiger partial charge in [0.05, 0.1) is 11.3 Å². The second-order valence-corrected chi connectivity index (χ2v) is 7.45. The van der Waals surface area contributed by atoms with Crippen molar-refractivity contribution in [2.24, 2.45) is 0 Å². The molecule has 0 aliphatic heterocycles. The smallest absolute Gasteiger partial charge is 0.255 e. The lowest BCUT2D eigenvalue weighted by molar-refractivity contribution is 0.0937. The van der Waals surface area contributed by atoms with Crippen LogP contribution in [0.1, 0.15) is 29.3 Å². The molecule has 0 saturated carbocycles. The molecular formula is C23H28N4O. The molecule has 0 fully saturated rings. The van der Waals surface area contributed by atoms with Gasteiger partial charge in [0.25, 0.3) is 5.91 Å². The van der Waals surface area contributed by atoms with Crippen LogP contribution in [0.15, 0.2) is 60.8 Å². The van der Waals surface area contributed by atoms with Gasteiger partial charge in [-0.2, -0.15) is 5.10 Å². The van der Waals surface area contributed by atoms with E-state index in [-0.39, 0.29) is 11.9 Å². The Hall–Kier alpha value is -2.92. The summed E-state index contributed by atoms with van der Waals surface area (Å²) >= 11 is 0. The fourth-order valence-electron chi connectivity index (χ4n) is 3.12. The predicted octanol–water partition coefficient (Wildman–Crippen LogP) is 3.92. The van der Waals surface area contributed by atoms with Gasteiger partial charge in [-0.05, 0) is 58.6 Å². The van der Waals surface area contributed by atoms with E-state index in [2.05, 4.69) is 10.2 Å². The van der Waals surface area contributed by atoms with Crippen molar-refractivity contribution in [3.63, 3.8) is 0 Å². The molecule has 3 aromatic rings. The highest BCUT2D eigenvalue weighted by molar-refractivity contribution is 6.00. The minimum Gasteiger partial charge on any atom is -0.349 e. The maximum Gasteiger partial charge on any atom is 0.255 e. The van der Waals surface area contributed by atoms with Crippen LogP contribution < -0.4 is 5.32 Å². The molecule has 5 heteroatoms. The van der Waals surface area contributed by atoms with E-state index in [9.17, 15) is 4.79 Å². The number of nitrogens with one attached hydrogen (secondary N) is 1. The van der Waals surface area contributed by atoms with Gasteiger partial charge in [0.1, 0.15) is 5.69 Å². The van der Waals surface area contributed by atoms with Crippen LogP contribution >= 0.6 is 0 Å². The van der Waals surface area contributed by atoms with Gasteiger partial charge < -0.3 is 10.2 Å². The lowest BCUT2D eigenvalue weighted by atomic mass is 10.0. The summed E-state index contributed by atoms with van der Waals surface area (Å²) in [5, 5.41) is 7.89. The van der Waals surface area contributed by atoms with Crippen molar-refractivity contribution in [3.8, 4) is 16.9 Å². The molecule has 1 amide bonds. The summed E-state index contributed by atoms with van der Waals surface area (Å²) < 4.78 is 1.78. The molecule has 0 aliphatic rings. The number of carbonyl (C=O) groups is 1. The van der Waals surface area contributed by atoms with E-state index in [1.165, 1.54) is 0 Å². The summed E-state index contributed by atoms with van der Waals surface area (Å²) in [4.78, 5) is 15.2. The normalized spacial score (nSPS) is 12.2. The van der Waals surface area contributed by atoms with E-state index in [1.54, 1.807) is 4.68 Å². The van der Waals surface area contributed by atoms with Gasteiger partial charge >= 0.3 is 0 Å². The Labute approximate surface area is 167 Å². The molecule has 0 spiro atoms. The first-order valence-corrected chi connectivity index (χ1v) is 9.62. The molecule has 1 aromatic heterocycles. The second-order valence-electron chi connectivity index (χ2n) is 7.45. The van der Waals surface area contributed by atoms with Crippen LogP contribution in [0.2, 0.25) is 0 Å². The van der Waals surface area contributed by atoms with Gasteiger partial charge in [0.2, 0.25) is 0 Å². The molecule has 5 nitrogen and oxygen atoms in total. The van der Waals surface area contributed by atoms with Crippen LogP contribution in [0.5, 0.6) is 0 Å². The van der Waals surface area contributed by atoms with Gasteiger partial charge in [-0.25, -0.2) is 4.68 Å². The van der Waals surface area contributed by atoms with Crippen LogP contribution in [-0.2, 0) is 0 Å². The predicted molar refractivity (Wildman–Crippen MR) is 114 cm³/mol. The minimum atomic E-state index is -0.0910. The van der Waals surface area contributed by atoms with E-state index in [4.69, 9.17) is 5.10 Å². The maximum atomic E-state index is 13.1. The lowest BCUT2D eigenvalue weighted by Gasteiger charge is -2.16. The van der Waals surface area contributed by atoms with Crippen LogP contribution in [0.25, 0.3) is 16.9 Å². The summed E-state index contributed by atoms with van der Waals surface area (Å²) in [6, 6.07) is 18.0. The largest absolute Gasteiger partial charge is 0.349 e. The summed E-state index contributed by atoms with van der Waals surface area (Å²) in [6.07, 6.45) is 2.72. The minimum absolute atomic E-state index is 0.0831. The quantitative estimate of drug-likeness (QED) is 0.680. The summed E-state index contributed by atoms with van der Waals surface area (Å²) in [5.74, 6) is -0.0910. The van der Waals surface area contributed by atoms with Crippen molar-refractivity contribution in [2.75, 3.05) is 20.6 Å². The molecule has 146 valence electrons. The summed E-state index contributed by atoms with van der Waals surface area (Å²) in [6.45, 7) is 5.00. The molecule has 0 saturated heterocycles. The number of rotatable bonds is 7. The summed E-state index contributed by atoms with van der Waals surface area (Å²) in [5.41, 5.74) is 4.30. The van der Waals surface area contributed by atoms with Gasteiger partial charge in [0, 0.05) is 17.8 Å². The van der Waals surface area contributed by atoms with Crippen molar-refractivity contribution < 1.29 is 4.79 Å². The topological polar surface area (TPSA) is 50.2 Å². The zero-order valence-electron chi connectivity index (χ0n) is 17.0. The molecule has 1 heterocycles. The Balaban J connectivity index is 1.95.